The van der Waals surface area contributed by atoms with Crippen LogP contribution in [0.25, 0.3) is 0 Å². The van der Waals surface area contributed by atoms with Crippen molar-refractivity contribution in [2.45, 2.75) is 76.4 Å². The quantitative estimate of drug-likeness (QED) is 0.758. The van der Waals surface area contributed by atoms with Gasteiger partial charge in [-0.25, -0.2) is 0 Å². The molecule has 3 heteroatoms. The molecule has 2 aliphatic rings. The molecule has 0 bridgehead atoms. The van der Waals surface area contributed by atoms with Crippen molar-refractivity contribution in [3.05, 3.63) is 0 Å². The van der Waals surface area contributed by atoms with Crippen LogP contribution >= 0.6 is 0 Å². The van der Waals surface area contributed by atoms with E-state index in [4.69, 9.17) is 0 Å². The molecular weight excluding hydrogens is 224 g/mol. The van der Waals surface area contributed by atoms with Crippen LogP contribution < -0.4 is 5.32 Å². The lowest BCUT2D eigenvalue weighted by Gasteiger charge is -2.52. The highest BCUT2D eigenvalue weighted by Gasteiger charge is 2.39. The van der Waals surface area contributed by atoms with Crippen LogP contribution in [-0.2, 0) is 0 Å². The van der Waals surface area contributed by atoms with Crippen LogP contribution in [0.5, 0.6) is 0 Å². The van der Waals surface area contributed by atoms with Gasteiger partial charge in [0.15, 0.2) is 0 Å². The molecule has 1 aliphatic heterocycles. The summed E-state index contributed by atoms with van der Waals surface area (Å²) in [5.74, 6) is 0. The number of hydrogen-bond acceptors (Lipinski definition) is 3. The van der Waals surface area contributed by atoms with Crippen LogP contribution in [0, 0.1) is 0 Å². The van der Waals surface area contributed by atoms with Gasteiger partial charge in [0.1, 0.15) is 0 Å². The van der Waals surface area contributed by atoms with Crippen molar-refractivity contribution in [2.24, 2.45) is 0 Å². The Morgan fingerprint density at radius 2 is 1.83 bits per heavy atom. The predicted octanol–water partition coefficient (Wildman–Crippen LogP) is 2.14. The maximum Gasteiger partial charge on any atom is 0.0446 e. The van der Waals surface area contributed by atoms with Gasteiger partial charge in [0.2, 0.25) is 0 Å². The molecule has 2 N–H and O–H groups in total. The minimum Gasteiger partial charge on any atom is -0.396 e. The summed E-state index contributed by atoms with van der Waals surface area (Å²) in [5.41, 5.74) is 0.229. The van der Waals surface area contributed by atoms with E-state index in [2.05, 4.69) is 24.1 Å². The van der Waals surface area contributed by atoms with Gasteiger partial charge in [-0.15, -0.1) is 0 Å². The molecule has 0 radical (unpaired) electrons. The lowest BCUT2D eigenvalue weighted by Crippen LogP contribution is -2.65. The Morgan fingerprint density at radius 3 is 2.44 bits per heavy atom. The number of hydrogen-bond donors (Lipinski definition) is 2. The van der Waals surface area contributed by atoms with Gasteiger partial charge in [-0.1, -0.05) is 25.7 Å². The highest BCUT2D eigenvalue weighted by Crippen LogP contribution is 2.32. The van der Waals surface area contributed by atoms with Crippen molar-refractivity contribution >= 4 is 0 Å². The average Bonchev–Trinajstić information content (AvgIpc) is 2.57. The van der Waals surface area contributed by atoms with E-state index in [1.165, 1.54) is 38.5 Å². The summed E-state index contributed by atoms with van der Waals surface area (Å²) in [6.45, 7) is 7.14. The molecule has 2 rings (SSSR count). The first-order valence-corrected chi connectivity index (χ1v) is 7.75. The van der Waals surface area contributed by atoms with Crippen molar-refractivity contribution in [1.29, 1.82) is 0 Å². The summed E-state index contributed by atoms with van der Waals surface area (Å²) in [5, 5.41) is 12.8. The summed E-state index contributed by atoms with van der Waals surface area (Å²) < 4.78 is 0. The maximum atomic E-state index is 9.31. The first kappa shape index (κ1) is 14.3. The Labute approximate surface area is 112 Å². The van der Waals surface area contributed by atoms with Crippen LogP contribution in [-0.4, -0.2) is 47.3 Å². The molecule has 0 aromatic heterocycles. The van der Waals surface area contributed by atoms with E-state index in [1.807, 2.05) is 0 Å². The lowest BCUT2D eigenvalue weighted by atomic mass is 9.90. The smallest absolute Gasteiger partial charge is 0.0446 e. The highest BCUT2D eigenvalue weighted by atomic mass is 16.3. The van der Waals surface area contributed by atoms with Gasteiger partial charge in [-0.2, -0.15) is 0 Å². The summed E-state index contributed by atoms with van der Waals surface area (Å²) in [7, 11) is 0. The number of piperazine rings is 1. The van der Waals surface area contributed by atoms with E-state index in [-0.39, 0.29) is 5.54 Å². The van der Waals surface area contributed by atoms with Crippen molar-refractivity contribution < 1.29 is 5.11 Å². The monoisotopic (exact) mass is 254 g/mol. The Hall–Kier alpha value is -0.120. The molecule has 2 fully saturated rings. The minimum absolute atomic E-state index is 0.229. The number of aliphatic hydroxyl groups is 1. The molecule has 1 unspecified atom stereocenters. The Balaban J connectivity index is 2.10. The lowest BCUT2D eigenvalue weighted by molar-refractivity contribution is -0.0172. The molecule has 1 atom stereocenters. The van der Waals surface area contributed by atoms with E-state index in [0.717, 1.165) is 25.6 Å². The van der Waals surface area contributed by atoms with Gasteiger partial charge in [-0.3, -0.25) is 4.90 Å². The van der Waals surface area contributed by atoms with Crippen LogP contribution in [0.3, 0.4) is 0 Å². The second-order valence-corrected chi connectivity index (χ2v) is 6.66. The van der Waals surface area contributed by atoms with Crippen molar-refractivity contribution in [2.75, 3.05) is 19.7 Å². The molecule has 1 aliphatic carbocycles. The molecule has 1 heterocycles. The highest BCUT2D eigenvalue weighted by molar-refractivity contribution is 4.97. The maximum absolute atomic E-state index is 9.31. The fourth-order valence-electron chi connectivity index (χ4n) is 3.95. The zero-order chi connectivity index (χ0) is 13.0. The number of aliphatic hydroxyl groups excluding tert-OH is 1. The third-order valence-corrected chi connectivity index (χ3v) is 4.71. The zero-order valence-corrected chi connectivity index (χ0v) is 12.1. The molecule has 1 saturated heterocycles. The number of nitrogens with zero attached hydrogens (tertiary/aromatic N) is 1. The molecule has 0 spiro atoms. The molecule has 0 amide bonds. The number of nitrogens with one attached hydrogen (secondary N) is 1. The third kappa shape index (κ3) is 3.25. The Kier molecular flexibility index (Phi) is 5.05. The SMILES string of the molecule is CC1(C)CNCC(CCO)N1C1CCCCCC1. The van der Waals surface area contributed by atoms with Crippen molar-refractivity contribution in [1.82, 2.24) is 10.2 Å². The first-order valence-electron chi connectivity index (χ1n) is 7.75. The minimum atomic E-state index is 0.229. The zero-order valence-electron chi connectivity index (χ0n) is 12.1. The summed E-state index contributed by atoms with van der Waals surface area (Å²) in [6, 6.07) is 1.25. The fourth-order valence-corrected chi connectivity index (χ4v) is 3.95. The average molecular weight is 254 g/mol. The van der Waals surface area contributed by atoms with Crippen molar-refractivity contribution in [3.63, 3.8) is 0 Å². The van der Waals surface area contributed by atoms with E-state index in [9.17, 15) is 5.11 Å². The molecule has 1 saturated carbocycles. The molecule has 0 aromatic rings. The first-order chi connectivity index (χ1) is 8.65. The molecule has 106 valence electrons. The van der Waals surface area contributed by atoms with E-state index < -0.39 is 0 Å². The molecule has 3 nitrogen and oxygen atoms in total. The van der Waals surface area contributed by atoms with E-state index in [1.54, 1.807) is 0 Å². The van der Waals surface area contributed by atoms with Crippen LogP contribution in [0.1, 0.15) is 58.8 Å². The van der Waals surface area contributed by atoms with Gasteiger partial charge >= 0.3 is 0 Å². The fraction of sp³-hybridized carbons (Fsp3) is 1.00. The summed E-state index contributed by atoms with van der Waals surface area (Å²) in [4.78, 5) is 2.74. The molecule has 18 heavy (non-hydrogen) atoms. The van der Waals surface area contributed by atoms with Gasteiger partial charge in [0, 0.05) is 37.3 Å². The standard InChI is InChI=1S/C15H30N2O/c1-15(2)12-16-11-14(9-10-18)17(15)13-7-5-3-4-6-8-13/h13-14,16,18H,3-12H2,1-2H3. The van der Waals surface area contributed by atoms with E-state index in [0.29, 0.717) is 12.6 Å². The van der Waals surface area contributed by atoms with E-state index >= 15 is 0 Å². The topological polar surface area (TPSA) is 35.5 Å². The van der Waals surface area contributed by atoms with Crippen LogP contribution in [0.4, 0.5) is 0 Å². The molecule has 0 aromatic carbocycles. The largest absolute Gasteiger partial charge is 0.396 e. The van der Waals surface area contributed by atoms with Gasteiger partial charge in [0.25, 0.3) is 0 Å². The predicted molar refractivity (Wildman–Crippen MR) is 75.8 cm³/mol. The Bertz CT molecular complexity index is 245. The number of rotatable bonds is 3. The second-order valence-electron chi connectivity index (χ2n) is 6.66. The summed E-state index contributed by atoms with van der Waals surface area (Å²) >= 11 is 0. The van der Waals surface area contributed by atoms with Gasteiger partial charge in [0.05, 0.1) is 0 Å². The summed E-state index contributed by atoms with van der Waals surface area (Å²) in [6.07, 6.45) is 9.21. The van der Waals surface area contributed by atoms with Gasteiger partial charge in [-0.05, 0) is 33.1 Å². The normalized spacial score (nSPS) is 31.2. The van der Waals surface area contributed by atoms with Crippen LogP contribution in [0.2, 0.25) is 0 Å². The Morgan fingerprint density at radius 1 is 1.17 bits per heavy atom. The third-order valence-electron chi connectivity index (χ3n) is 4.71. The van der Waals surface area contributed by atoms with Gasteiger partial charge < -0.3 is 10.4 Å². The molecular formula is C15H30N2O. The second kappa shape index (κ2) is 6.36. The van der Waals surface area contributed by atoms with Crippen LogP contribution in [0.15, 0.2) is 0 Å². The van der Waals surface area contributed by atoms with Crippen molar-refractivity contribution in [3.8, 4) is 0 Å².